The molecule has 0 aliphatic rings. The fourth-order valence-electron chi connectivity index (χ4n) is 1.76. The predicted octanol–water partition coefficient (Wildman–Crippen LogP) is 4.15. The van der Waals surface area contributed by atoms with Gasteiger partial charge in [-0.25, -0.2) is 0 Å². The molecule has 0 atom stereocenters. The first-order valence-corrected chi connectivity index (χ1v) is 6.54. The number of Topliss-reactive ketones (excluding diaryl/α,β-unsaturated/α-hetero) is 2. The zero-order valence-electron chi connectivity index (χ0n) is 10.3. The third kappa shape index (κ3) is 3.18. The average molecular weight is 309 g/mol. The number of phenols is 1. The molecule has 20 heavy (non-hydrogen) atoms. The van der Waals surface area contributed by atoms with Gasteiger partial charge in [0.1, 0.15) is 5.75 Å². The number of para-hydroxylation sites is 1. The van der Waals surface area contributed by atoms with Crippen LogP contribution in [0.3, 0.4) is 0 Å². The molecule has 5 heteroatoms. The fourth-order valence-corrected chi connectivity index (χ4v) is 2.28. The van der Waals surface area contributed by atoms with E-state index in [0.717, 1.165) is 0 Å². The van der Waals surface area contributed by atoms with Crippen molar-refractivity contribution in [2.75, 3.05) is 0 Å². The topological polar surface area (TPSA) is 54.4 Å². The maximum absolute atomic E-state index is 12.0. The molecule has 2 aromatic carbocycles. The van der Waals surface area contributed by atoms with Crippen molar-refractivity contribution in [3.05, 3.63) is 63.6 Å². The van der Waals surface area contributed by atoms with Gasteiger partial charge in [0, 0.05) is 10.6 Å². The highest BCUT2D eigenvalue weighted by Gasteiger charge is 2.18. The number of carbonyl (C=O) groups excluding carboxylic acids is 2. The lowest BCUT2D eigenvalue weighted by Crippen LogP contribution is -2.09. The van der Waals surface area contributed by atoms with E-state index in [9.17, 15) is 14.7 Å². The summed E-state index contributed by atoms with van der Waals surface area (Å²) in [5, 5.41) is 10.2. The summed E-state index contributed by atoms with van der Waals surface area (Å²) in [6.45, 7) is 0. The van der Waals surface area contributed by atoms with Crippen molar-refractivity contribution in [2.24, 2.45) is 0 Å². The first-order chi connectivity index (χ1) is 9.49. The highest BCUT2D eigenvalue weighted by atomic mass is 35.5. The maximum atomic E-state index is 12.0. The van der Waals surface area contributed by atoms with E-state index >= 15 is 0 Å². The Morgan fingerprint density at radius 2 is 1.60 bits per heavy atom. The largest absolute Gasteiger partial charge is 0.507 e. The van der Waals surface area contributed by atoms with E-state index in [1.807, 2.05) is 0 Å². The second-order valence-corrected chi connectivity index (χ2v) is 5.01. The summed E-state index contributed by atoms with van der Waals surface area (Å²) in [5.74, 6) is -1.02. The van der Waals surface area contributed by atoms with Gasteiger partial charge in [-0.2, -0.15) is 0 Å². The van der Waals surface area contributed by atoms with Gasteiger partial charge in [0.15, 0.2) is 11.6 Å². The van der Waals surface area contributed by atoms with Gasteiger partial charge >= 0.3 is 0 Å². The number of halogens is 2. The molecule has 3 nitrogen and oxygen atoms in total. The van der Waals surface area contributed by atoms with Crippen molar-refractivity contribution in [3.8, 4) is 5.75 Å². The summed E-state index contributed by atoms with van der Waals surface area (Å²) < 4.78 is 0. The Labute approximate surface area is 125 Å². The molecule has 0 spiro atoms. The SMILES string of the molecule is O=C(CC(=O)c1ccc(Cl)cc1Cl)c1ccccc1O. The standard InChI is InChI=1S/C15H10Cl2O3/c16-9-5-6-10(12(17)7-9)14(19)8-15(20)11-3-1-2-4-13(11)18/h1-7,18H,8H2. The van der Waals surface area contributed by atoms with Crippen LogP contribution in [0.2, 0.25) is 10.0 Å². The van der Waals surface area contributed by atoms with Crippen LogP contribution in [0.15, 0.2) is 42.5 Å². The molecule has 2 aromatic rings. The van der Waals surface area contributed by atoms with Crippen LogP contribution >= 0.6 is 23.2 Å². The zero-order chi connectivity index (χ0) is 14.7. The highest BCUT2D eigenvalue weighted by Crippen LogP contribution is 2.24. The third-order valence-corrected chi connectivity index (χ3v) is 3.30. The molecule has 0 aliphatic heterocycles. The molecule has 0 unspecified atom stereocenters. The number of rotatable bonds is 4. The Kier molecular flexibility index (Phi) is 4.42. The van der Waals surface area contributed by atoms with Gasteiger partial charge in [-0.05, 0) is 30.3 Å². The van der Waals surface area contributed by atoms with Gasteiger partial charge in [-0.15, -0.1) is 0 Å². The van der Waals surface area contributed by atoms with Crippen LogP contribution < -0.4 is 0 Å². The molecule has 1 N–H and O–H groups in total. The Bertz CT molecular complexity index is 681. The van der Waals surface area contributed by atoms with Crippen LogP contribution in [-0.4, -0.2) is 16.7 Å². The molecule has 0 saturated heterocycles. The van der Waals surface area contributed by atoms with Gasteiger partial charge in [-0.1, -0.05) is 35.3 Å². The van der Waals surface area contributed by atoms with E-state index in [-0.39, 0.29) is 28.3 Å². The Morgan fingerprint density at radius 3 is 2.25 bits per heavy atom. The summed E-state index contributed by atoms with van der Waals surface area (Å²) >= 11 is 11.7. The van der Waals surface area contributed by atoms with Crippen LogP contribution in [0.25, 0.3) is 0 Å². The number of phenolic OH excluding ortho intramolecular Hbond substituents is 1. The van der Waals surface area contributed by atoms with Crippen molar-refractivity contribution < 1.29 is 14.7 Å². The van der Waals surface area contributed by atoms with Gasteiger partial charge in [0.2, 0.25) is 0 Å². The lowest BCUT2D eigenvalue weighted by Gasteiger charge is -2.05. The second kappa shape index (κ2) is 6.07. The molecular formula is C15H10Cl2O3. The molecule has 2 rings (SSSR count). The van der Waals surface area contributed by atoms with Crippen molar-refractivity contribution in [2.45, 2.75) is 6.42 Å². The summed E-state index contributed by atoms with van der Waals surface area (Å²) in [4.78, 5) is 24.0. The Hall–Kier alpha value is -1.84. The molecular weight excluding hydrogens is 299 g/mol. The number of hydrogen-bond acceptors (Lipinski definition) is 3. The van der Waals surface area contributed by atoms with E-state index < -0.39 is 11.6 Å². The minimum atomic E-state index is -0.459. The summed E-state index contributed by atoms with van der Waals surface area (Å²) in [7, 11) is 0. The van der Waals surface area contributed by atoms with Gasteiger partial charge < -0.3 is 5.11 Å². The number of hydrogen-bond donors (Lipinski definition) is 1. The smallest absolute Gasteiger partial charge is 0.174 e. The maximum Gasteiger partial charge on any atom is 0.174 e. The van der Waals surface area contributed by atoms with E-state index in [1.54, 1.807) is 12.1 Å². The zero-order valence-corrected chi connectivity index (χ0v) is 11.8. The molecule has 0 aliphatic carbocycles. The number of carbonyl (C=O) groups is 2. The number of benzene rings is 2. The number of ketones is 2. The molecule has 0 heterocycles. The fraction of sp³-hybridized carbons (Fsp3) is 0.0667. The molecule has 0 radical (unpaired) electrons. The minimum absolute atomic E-state index is 0.117. The van der Waals surface area contributed by atoms with Gasteiger partial charge in [0.05, 0.1) is 17.0 Å². The van der Waals surface area contributed by atoms with Crippen molar-refractivity contribution >= 4 is 34.8 Å². The normalized spacial score (nSPS) is 10.3. The van der Waals surface area contributed by atoms with E-state index in [2.05, 4.69) is 0 Å². The van der Waals surface area contributed by atoms with Crippen LogP contribution in [-0.2, 0) is 0 Å². The molecule has 0 bridgehead atoms. The van der Waals surface area contributed by atoms with Crippen LogP contribution in [0.5, 0.6) is 5.75 Å². The van der Waals surface area contributed by atoms with Crippen LogP contribution in [0.1, 0.15) is 27.1 Å². The monoisotopic (exact) mass is 308 g/mol. The molecule has 0 amide bonds. The summed E-state index contributed by atoms with van der Waals surface area (Å²) in [6, 6.07) is 10.5. The quantitative estimate of drug-likeness (QED) is 0.681. The molecule has 0 aromatic heterocycles. The lowest BCUT2D eigenvalue weighted by molar-refractivity contribution is 0.0893. The van der Waals surface area contributed by atoms with Crippen molar-refractivity contribution in [1.82, 2.24) is 0 Å². The third-order valence-electron chi connectivity index (χ3n) is 2.76. The Balaban J connectivity index is 2.20. The molecule has 102 valence electrons. The Morgan fingerprint density at radius 1 is 0.950 bits per heavy atom. The predicted molar refractivity (Wildman–Crippen MR) is 77.8 cm³/mol. The lowest BCUT2D eigenvalue weighted by atomic mass is 10.0. The molecule has 0 fully saturated rings. The van der Waals surface area contributed by atoms with E-state index in [1.165, 1.54) is 30.3 Å². The van der Waals surface area contributed by atoms with E-state index in [0.29, 0.717) is 5.02 Å². The van der Waals surface area contributed by atoms with Crippen LogP contribution in [0, 0.1) is 0 Å². The average Bonchev–Trinajstić information content (AvgIpc) is 2.38. The van der Waals surface area contributed by atoms with E-state index in [4.69, 9.17) is 23.2 Å². The highest BCUT2D eigenvalue weighted by molar-refractivity contribution is 6.37. The first-order valence-electron chi connectivity index (χ1n) is 5.78. The van der Waals surface area contributed by atoms with Crippen LogP contribution in [0.4, 0.5) is 0 Å². The summed E-state index contributed by atoms with van der Waals surface area (Å²) in [5.41, 5.74) is 0.353. The van der Waals surface area contributed by atoms with Gasteiger partial charge in [-0.3, -0.25) is 9.59 Å². The van der Waals surface area contributed by atoms with Crippen molar-refractivity contribution in [3.63, 3.8) is 0 Å². The summed E-state index contributed by atoms with van der Waals surface area (Å²) in [6.07, 6.45) is -0.362. The first kappa shape index (κ1) is 14.6. The minimum Gasteiger partial charge on any atom is -0.507 e. The molecule has 0 saturated carbocycles. The number of aromatic hydroxyl groups is 1. The second-order valence-electron chi connectivity index (χ2n) is 4.16. The van der Waals surface area contributed by atoms with Gasteiger partial charge in [0.25, 0.3) is 0 Å². The van der Waals surface area contributed by atoms with Crippen molar-refractivity contribution in [1.29, 1.82) is 0 Å².